The van der Waals surface area contributed by atoms with E-state index in [1.165, 1.54) is 6.20 Å². The highest BCUT2D eigenvalue weighted by atomic mass is 32.2. The summed E-state index contributed by atoms with van der Waals surface area (Å²) in [6.45, 7) is 4.67. The summed E-state index contributed by atoms with van der Waals surface area (Å²) in [6, 6.07) is 23.5. The number of benzene rings is 3. The largest absolute Gasteiger partial charge is 0.497 e. The van der Waals surface area contributed by atoms with Crippen LogP contribution in [0.3, 0.4) is 0 Å². The number of rotatable bonds is 10. The maximum absolute atomic E-state index is 13.7. The molecule has 0 radical (unpaired) electrons. The minimum Gasteiger partial charge on any atom is -0.497 e. The number of nitrogens with two attached hydrogens (primary N) is 1. The Labute approximate surface area is 249 Å². The number of hydrogen-bond acceptors (Lipinski definition) is 7. The Bertz CT molecular complexity index is 1570. The summed E-state index contributed by atoms with van der Waals surface area (Å²) in [5, 5.41) is 3.20. The molecule has 2 amide bonds. The first-order chi connectivity index (χ1) is 19.9. The van der Waals surface area contributed by atoms with Gasteiger partial charge in [0.15, 0.2) is 5.54 Å². The Kier molecular flexibility index (Phi) is 8.41. The van der Waals surface area contributed by atoms with Gasteiger partial charge in [-0.15, -0.1) is 11.8 Å². The molecule has 5 rings (SSSR count). The van der Waals surface area contributed by atoms with Crippen molar-refractivity contribution >= 4 is 42.1 Å². The number of aliphatic imine (C=N–C) groups is 1. The van der Waals surface area contributed by atoms with Gasteiger partial charge in [0.1, 0.15) is 23.1 Å². The number of nitrogens with zero attached hydrogens (tertiary/aromatic N) is 4. The van der Waals surface area contributed by atoms with Gasteiger partial charge in [0.05, 0.1) is 26.5 Å². The van der Waals surface area contributed by atoms with E-state index in [-0.39, 0.29) is 6.03 Å². The zero-order chi connectivity index (χ0) is 29.0. The highest BCUT2D eigenvalue weighted by molar-refractivity contribution is 7.98. The third-order valence-corrected chi connectivity index (χ3v) is 8.27. The van der Waals surface area contributed by atoms with Crippen molar-refractivity contribution in [2.24, 2.45) is 4.99 Å². The van der Waals surface area contributed by atoms with E-state index in [2.05, 4.69) is 41.6 Å². The minimum absolute atomic E-state index is 0.309. The summed E-state index contributed by atoms with van der Waals surface area (Å²) < 4.78 is 7.27. The number of urea groups is 1. The van der Waals surface area contributed by atoms with Crippen molar-refractivity contribution in [3.63, 3.8) is 0 Å². The van der Waals surface area contributed by atoms with E-state index in [0.29, 0.717) is 41.9 Å². The molecule has 2 heterocycles. The van der Waals surface area contributed by atoms with Gasteiger partial charge >= 0.3 is 6.03 Å². The molecule has 1 unspecified atom stereocenters. The third-order valence-electron chi connectivity index (χ3n) is 7.16. The van der Waals surface area contributed by atoms with Crippen molar-refractivity contribution in [2.45, 2.75) is 29.3 Å². The molecule has 0 spiro atoms. The van der Waals surface area contributed by atoms with Gasteiger partial charge in [0.2, 0.25) is 0 Å². The second-order valence-electron chi connectivity index (χ2n) is 9.56. The summed E-state index contributed by atoms with van der Waals surface area (Å²) in [4.78, 5) is 25.9. The number of methoxy groups -OCH3 is 1. The van der Waals surface area contributed by atoms with Crippen LogP contribution in [-0.4, -0.2) is 39.7 Å². The quantitative estimate of drug-likeness (QED) is 0.165. The number of amidine groups is 1. The lowest BCUT2D eigenvalue weighted by Crippen LogP contribution is -2.46. The van der Waals surface area contributed by atoms with Crippen LogP contribution in [0.5, 0.6) is 5.75 Å². The molecule has 0 saturated carbocycles. The summed E-state index contributed by atoms with van der Waals surface area (Å²) in [5.74, 6) is 2.21. The third kappa shape index (κ3) is 5.45. The monoisotopic (exact) mass is 584 g/mol. The molecule has 0 aliphatic carbocycles. The fourth-order valence-corrected chi connectivity index (χ4v) is 5.61. The Morgan fingerprint density at radius 3 is 2.29 bits per heavy atom. The van der Waals surface area contributed by atoms with Gasteiger partial charge < -0.3 is 20.4 Å². The Hall–Kier alpha value is -4.15. The maximum atomic E-state index is 13.7. The number of carbonyl (C=O) groups is 1. The van der Waals surface area contributed by atoms with Crippen molar-refractivity contribution in [1.82, 2.24) is 19.8 Å². The molecule has 3 aromatic carbocycles. The van der Waals surface area contributed by atoms with Crippen LogP contribution in [0.1, 0.15) is 27.9 Å². The number of ether oxygens (including phenoxy) is 1. The first-order valence-corrected chi connectivity index (χ1v) is 14.8. The van der Waals surface area contributed by atoms with E-state index in [1.54, 1.807) is 30.1 Å². The van der Waals surface area contributed by atoms with E-state index >= 15 is 0 Å². The maximum Gasteiger partial charge on any atom is 0.324 e. The topological polar surface area (TPSA) is 97.8 Å². The number of thioether (sulfide) groups is 1. The second kappa shape index (κ2) is 12.2. The molecular formula is C31H32N6O2S2. The number of hydrogen-bond donors (Lipinski definition) is 3. The zero-order valence-corrected chi connectivity index (χ0v) is 24.7. The average molecular weight is 585 g/mol. The molecule has 10 heteroatoms. The predicted octanol–water partition coefficient (Wildman–Crippen LogP) is 5.68. The SMILES string of the molecule is C=C/N=C1/N(Cc2ccc(SC)cc2)C(=O)NC1(c1ccc(OC)cc1)c1ncn(Cc2ccc(CS)cc2)c1N. The molecule has 4 aromatic rings. The van der Waals surface area contributed by atoms with E-state index in [9.17, 15) is 4.79 Å². The number of nitrogens with one attached hydrogen (secondary N) is 1. The van der Waals surface area contributed by atoms with Crippen molar-refractivity contribution in [3.8, 4) is 5.75 Å². The second-order valence-corrected chi connectivity index (χ2v) is 10.8. The van der Waals surface area contributed by atoms with Crippen molar-refractivity contribution in [2.75, 3.05) is 19.1 Å². The lowest BCUT2D eigenvalue weighted by atomic mass is 9.85. The number of amides is 2. The molecular weight excluding hydrogens is 553 g/mol. The molecule has 1 aromatic heterocycles. The van der Waals surface area contributed by atoms with Crippen LogP contribution in [0, 0.1) is 0 Å². The van der Waals surface area contributed by atoms with Gasteiger partial charge in [0.25, 0.3) is 0 Å². The average Bonchev–Trinajstić information content (AvgIpc) is 3.50. The van der Waals surface area contributed by atoms with Crippen LogP contribution in [0.15, 0.2) is 102 Å². The molecule has 8 nitrogen and oxygen atoms in total. The molecule has 1 atom stereocenters. The van der Waals surface area contributed by atoms with Gasteiger partial charge in [0, 0.05) is 16.8 Å². The van der Waals surface area contributed by atoms with Gasteiger partial charge in [-0.1, -0.05) is 55.1 Å². The van der Waals surface area contributed by atoms with Gasteiger partial charge in [-0.25, -0.2) is 14.8 Å². The Morgan fingerprint density at radius 1 is 1.05 bits per heavy atom. The zero-order valence-electron chi connectivity index (χ0n) is 22.9. The van der Waals surface area contributed by atoms with E-state index in [1.807, 2.05) is 71.5 Å². The lowest BCUT2D eigenvalue weighted by molar-refractivity contribution is 0.225. The van der Waals surface area contributed by atoms with Crippen molar-refractivity contribution in [3.05, 3.63) is 120 Å². The number of carbonyl (C=O) groups excluding carboxylic acids is 1. The molecule has 1 aliphatic rings. The van der Waals surface area contributed by atoms with Crippen molar-refractivity contribution < 1.29 is 9.53 Å². The fourth-order valence-electron chi connectivity index (χ4n) is 4.99. The normalized spacial score (nSPS) is 17.6. The Balaban J connectivity index is 1.61. The standard InChI is InChI=1S/C31H32N6O2S2/c1-4-33-29-31(24-11-13-25(39-2)14-12-24,35-30(38)37(29)18-22-9-15-26(41-3)16-10-22)27-28(32)36(20-34-27)17-21-5-7-23(19-40)8-6-21/h4-16,20,40H,1,17-19,32H2,2-3H3,(H,35,38)/b33-29+. The number of thiol groups is 1. The van der Waals surface area contributed by atoms with Crippen molar-refractivity contribution in [1.29, 1.82) is 0 Å². The number of nitrogen functional groups attached to an aromatic ring is 1. The van der Waals surface area contributed by atoms with Gasteiger partial charge in [-0.05, 0) is 52.8 Å². The molecule has 1 saturated heterocycles. The van der Waals surface area contributed by atoms with Gasteiger partial charge in [-0.2, -0.15) is 12.6 Å². The molecule has 41 heavy (non-hydrogen) atoms. The molecule has 1 fully saturated rings. The van der Waals surface area contributed by atoms with E-state index < -0.39 is 5.54 Å². The minimum atomic E-state index is -1.26. The van der Waals surface area contributed by atoms with E-state index in [4.69, 9.17) is 15.5 Å². The Morgan fingerprint density at radius 2 is 1.68 bits per heavy atom. The van der Waals surface area contributed by atoms with E-state index in [0.717, 1.165) is 27.1 Å². The highest BCUT2D eigenvalue weighted by Gasteiger charge is 2.54. The molecule has 3 N–H and O–H groups in total. The van der Waals surface area contributed by atoms with Crippen LogP contribution in [0.2, 0.25) is 0 Å². The van der Waals surface area contributed by atoms with Crippen LogP contribution < -0.4 is 15.8 Å². The van der Waals surface area contributed by atoms with Crippen LogP contribution >= 0.6 is 24.4 Å². The molecule has 210 valence electrons. The first-order valence-electron chi connectivity index (χ1n) is 13.0. The first kappa shape index (κ1) is 28.4. The number of anilines is 1. The number of aromatic nitrogens is 2. The summed E-state index contributed by atoms with van der Waals surface area (Å²) in [7, 11) is 1.61. The van der Waals surface area contributed by atoms with Crippen LogP contribution in [0.4, 0.5) is 10.6 Å². The molecule has 1 aliphatic heterocycles. The summed E-state index contributed by atoms with van der Waals surface area (Å²) in [6.07, 6.45) is 5.17. The van der Waals surface area contributed by atoms with Crippen LogP contribution in [0.25, 0.3) is 0 Å². The predicted molar refractivity (Wildman–Crippen MR) is 169 cm³/mol. The summed E-state index contributed by atoms with van der Waals surface area (Å²) >= 11 is 6.01. The molecule has 0 bridgehead atoms. The van der Waals surface area contributed by atoms with Gasteiger partial charge in [-0.3, -0.25) is 4.90 Å². The van der Waals surface area contributed by atoms with Crippen LogP contribution in [-0.2, 0) is 24.4 Å². The lowest BCUT2D eigenvalue weighted by Gasteiger charge is -2.29. The fraction of sp³-hybridized carbons (Fsp3) is 0.194. The highest BCUT2D eigenvalue weighted by Crippen LogP contribution is 2.40. The summed E-state index contributed by atoms with van der Waals surface area (Å²) in [5.41, 5.74) is 9.93. The smallest absolute Gasteiger partial charge is 0.324 e. The number of imidazole rings is 1.